The maximum absolute atomic E-state index is 13.6. The zero-order valence-electron chi connectivity index (χ0n) is 21.6. The lowest BCUT2D eigenvalue weighted by Crippen LogP contribution is -2.41. The number of ether oxygens (including phenoxy) is 3. The highest BCUT2D eigenvalue weighted by molar-refractivity contribution is 6.30. The molecule has 1 aliphatic heterocycles. The second-order valence-electron chi connectivity index (χ2n) is 9.63. The molecular formula is C30H34ClNO4. The summed E-state index contributed by atoms with van der Waals surface area (Å²) in [5.74, 6) is 2.50. The Bertz CT molecular complexity index is 1190. The summed E-state index contributed by atoms with van der Waals surface area (Å²) in [6.07, 6.45) is 1.17. The van der Waals surface area contributed by atoms with Crippen molar-refractivity contribution in [1.82, 2.24) is 0 Å². The van der Waals surface area contributed by atoms with Crippen molar-refractivity contribution in [2.75, 3.05) is 18.6 Å². The average molecular weight is 508 g/mol. The van der Waals surface area contributed by atoms with Crippen LogP contribution in [0.25, 0.3) is 0 Å². The molecule has 3 aromatic carbocycles. The monoisotopic (exact) mass is 507 g/mol. The van der Waals surface area contributed by atoms with Crippen molar-refractivity contribution in [3.8, 4) is 17.2 Å². The molecule has 0 aromatic heterocycles. The summed E-state index contributed by atoms with van der Waals surface area (Å²) in [5, 5.41) is 0.648. The molecule has 0 bridgehead atoms. The summed E-state index contributed by atoms with van der Waals surface area (Å²) < 4.78 is 17.8. The van der Waals surface area contributed by atoms with E-state index in [9.17, 15) is 4.79 Å². The van der Waals surface area contributed by atoms with Crippen molar-refractivity contribution >= 4 is 23.2 Å². The lowest BCUT2D eigenvalue weighted by molar-refractivity contribution is -0.118. The minimum absolute atomic E-state index is 0.0121. The van der Waals surface area contributed by atoms with Crippen molar-refractivity contribution in [3.05, 3.63) is 82.4 Å². The molecule has 0 saturated carbocycles. The predicted octanol–water partition coefficient (Wildman–Crippen LogP) is 7.24. The van der Waals surface area contributed by atoms with Crippen LogP contribution in [0.15, 0.2) is 60.7 Å². The molecule has 0 N–H and O–H groups in total. The first-order valence-electron chi connectivity index (χ1n) is 12.5. The van der Waals surface area contributed by atoms with E-state index in [1.165, 1.54) is 0 Å². The maximum atomic E-state index is 13.6. The number of methoxy groups -OCH3 is 1. The first-order valence-corrected chi connectivity index (χ1v) is 12.9. The Morgan fingerprint density at radius 1 is 1.00 bits per heavy atom. The molecule has 1 aliphatic rings. The predicted molar refractivity (Wildman–Crippen MR) is 145 cm³/mol. The van der Waals surface area contributed by atoms with Crippen LogP contribution >= 0.6 is 11.6 Å². The topological polar surface area (TPSA) is 48.0 Å². The van der Waals surface area contributed by atoms with Gasteiger partial charge in [0.15, 0.2) is 11.5 Å². The Balaban J connectivity index is 1.87. The summed E-state index contributed by atoms with van der Waals surface area (Å²) in [4.78, 5) is 15.5. The van der Waals surface area contributed by atoms with Crippen molar-refractivity contribution in [2.45, 2.75) is 52.7 Å². The van der Waals surface area contributed by atoms with E-state index in [1.54, 1.807) is 7.11 Å². The molecule has 2 unspecified atom stereocenters. The summed E-state index contributed by atoms with van der Waals surface area (Å²) >= 11 is 6.21. The number of amides is 1. The highest BCUT2D eigenvalue weighted by Gasteiger charge is 2.36. The first kappa shape index (κ1) is 25.9. The number of rotatable bonds is 9. The molecule has 0 aliphatic carbocycles. The third kappa shape index (κ3) is 5.62. The lowest BCUT2D eigenvalue weighted by atomic mass is 9.86. The van der Waals surface area contributed by atoms with E-state index >= 15 is 0 Å². The van der Waals surface area contributed by atoms with E-state index in [0.717, 1.165) is 34.5 Å². The van der Waals surface area contributed by atoms with Gasteiger partial charge < -0.3 is 19.1 Å². The van der Waals surface area contributed by atoms with E-state index in [1.807, 2.05) is 59.5 Å². The average Bonchev–Trinajstić information content (AvgIpc) is 2.87. The van der Waals surface area contributed by atoms with Gasteiger partial charge in [0, 0.05) is 10.7 Å². The molecule has 3 aromatic rings. The highest BCUT2D eigenvalue weighted by atomic mass is 35.5. The third-order valence-electron chi connectivity index (χ3n) is 6.38. The van der Waals surface area contributed by atoms with Crippen LogP contribution in [0.1, 0.15) is 56.8 Å². The van der Waals surface area contributed by atoms with Crippen LogP contribution in [0.4, 0.5) is 5.69 Å². The molecule has 190 valence electrons. The second kappa shape index (κ2) is 11.3. The van der Waals surface area contributed by atoms with Gasteiger partial charge in [-0.25, -0.2) is 0 Å². The quantitative estimate of drug-likeness (QED) is 0.306. The number of anilines is 1. The molecule has 1 amide bonds. The van der Waals surface area contributed by atoms with Crippen molar-refractivity contribution < 1.29 is 19.0 Å². The number of carbonyl (C=O) groups is 1. The number of hydrogen-bond donors (Lipinski definition) is 0. The van der Waals surface area contributed by atoms with Gasteiger partial charge in [-0.2, -0.15) is 0 Å². The molecule has 0 spiro atoms. The van der Waals surface area contributed by atoms with Gasteiger partial charge >= 0.3 is 0 Å². The first-order chi connectivity index (χ1) is 17.3. The second-order valence-corrected chi connectivity index (χ2v) is 10.1. The molecule has 0 saturated heterocycles. The van der Waals surface area contributed by atoms with Crippen molar-refractivity contribution in [2.24, 2.45) is 5.92 Å². The minimum Gasteiger partial charge on any atom is -0.497 e. The van der Waals surface area contributed by atoms with Gasteiger partial charge in [-0.1, -0.05) is 44.5 Å². The van der Waals surface area contributed by atoms with E-state index in [2.05, 4.69) is 33.8 Å². The smallest absolute Gasteiger partial charge is 0.232 e. The fourth-order valence-electron chi connectivity index (χ4n) is 4.33. The highest BCUT2D eigenvalue weighted by Crippen LogP contribution is 2.44. The van der Waals surface area contributed by atoms with Crippen LogP contribution in [-0.4, -0.2) is 25.7 Å². The largest absolute Gasteiger partial charge is 0.497 e. The third-order valence-corrected chi connectivity index (χ3v) is 6.63. The number of fused-ring (bicyclic) bond motifs is 1. The van der Waals surface area contributed by atoms with Gasteiger partial charge in [0.2, 0.25) is 5.91 Å². The van der Waals surface area contributed by atoms with Gasteiger partial charge in [0.05, 0.1) is 32.3 Å². The Labute approximate surface area is 218 Å². The van der Waals surface area contributed by atoms with Gasteiger partial charge in [0.25, 0.3) is 0 Å². The number of carbonyl (C=O) groups excluding carboxylic acids is 1. The number of benzene rings is 3. The fraction of sp³-hybridized carbons (Fsp3) is 0.367. The van der Waals surface area contributed by atoms with Crippen molar-refractivity contribution in [1.29, 1.82) is 0 Å². The number of hydrogen-bond acceptors (Lipinski definition) is 4. The van der Waals surface area contributed by atoms with Crippen LogP contribution in [0.3, 0.4) is 0 Å². The van der Waals surface area contributed by atoms with Gasteiger partial charge in [-0.05, 0) is 84.5 Å². The number of nitrogens with zero attached hydrogens (tertiary/aromatic N) is 1. The fourth-order valence-corrected chi connectivity index (χ4v) is 4.45. The summed E-state index contributed by atoms with van der Waals surface area (Å²) in [5.41, 5.74) is 3.73. The number of halogens is 1. The molecule has 1 heterocycles. The molecule has 6 heteroatoms. The van der Waals surface area contributed by atoms with E-state index in [-0.39, 0.29) is 24.5 Å². The van der Waals surface area contributed by atoms with Gasteiger partial charge in [0.1, 0.15) is 5.75 Å². The molecular weight excluding hydrogens is 474 g/mol. The van der Waals surface area contributed by atoms with Crippen LogP contribution < -0.4 is 19.1 Å². The summed E-state index contributed by atoms with van der Waals surface area (Å²) in [7, 11) is 1.63. The standard InChI is InChI=1S/C30H34ClNO4/c1-6-20(4)36-28-17-26-22(15-27(28)35-18-19(2)3)16-29(33)32(24-11-13-25(34-5)14-12-24)30(26)21-7-9-23(31)10-8-21/h7-15,17,19-20,30H,6,16,18H2,1-5H3. The molecule has 0 radical (unpaired) electrons. The Kier molecular flexibility index (Phi) is 8.10. The van der Waals surface area contributed by atoms with Crippen LogP contribution in [0.2, 0.25) is 5.02 Å². The molecule has 36 heavy (non-hydrogen) atoms. The van der Waals surface area contributed by atoms with E-state index in [0.29, 0.717) is 29.0 Å². The maximum Gasteiger partial charge on any atom is 0.232 e. The molecule has 4 rings (SSSR count). The van der Waals surface area contributed by atoms with E-state index in [4.69, 9.17) is 25.8 Å². The Morgan fingerprint density at radius 3 is 2.31 bits per heavy atom. The van der Waals surface area contributed by atoms with Gasteiger partial charge in [-0.15, -0.1) is 0 Å². The van der Waals surface area contributed by atoms with Gasteiger partial charge in [-0.3, -0.25) is 4.79 Å². The van der Waals surface area contributed by atoms with Crippen molar-refractivity contribution in [3.63, 3.8) is 0 Å². The minimum atomic E-state index is -0.342. The Morgan fingerprint density at radius 2 is 1.69 bits per heavy atom. The zero-order chi connectivity index (χ0) is 25.8. The zero-order valence-corrected chi connectivity index (χ0v) is 22.3. The lowest BCUT2D eigenvalue weighted by Gasteiger charge is -2.38. The normalized spacial score (nSPS) is 16.0. The van der Waals surface area contributed by atoms with Crippen LogP contribution in [0.5, 0.6) is 17.2 Å². The Hall–Kier alpha value is -3.18. The molecule has 2 atom stereocenters. The molecule has 5 nitrogen and oxygen atoms in total. The molecule has 0 fully saturated rings. The van der Waals surface area contributed by atoms with E-state index < -0.39 is 0 Å². The summed E-state index contributed by atoms with van der Waals surface area (Å²) in [6, 6.07) is 19.0. The van der Waals surface area contributed by atoms with Crippen LogP contribution in [0, 0.1) is 5.92 Å². The summed E-state index contributed by atoms with van der Waals surface area (Å²) in [6.45, 7) is 8.94. The van der Waals surface area contributed by atoms with Crippen LogP contribution in [-0.2, 0) is 11.2 Å². The SMILES string of the molecule is CCC(C)Oc1cc2c(cc1OCC(C)C)CC(=O)N(c1ccc(OC)cc1)C2c1ccc(Cl)cc1.